The van der Waals surface area contributed by atoms with E-state index in [9.17, 15) is 14.0 Å². The van der Waals surface area contributed by atoms with Gasteiger partial charge < -0.3 is 14.8 Å². The Hall–Kier alpha value is -3.26. The average Bonchev–Trinajstić information content (AvgIpc) is 3.34. The zero-order valence-corrected chi connectivity index (χ0v) is 19.9. The molecule has 9 heteroatoms. The summed E-state index contributed by atoms with van der Waals surface area (Å²) in [6.07, 6.45) is 3.00. The van der Waals surface area contributed by atoms with Gasteiger partial charge in [-0.25, -0.2) is 14.4 Å². The zero-order valence-electron chi connectivity index (χ0n) is 19.1. The van der Waals surface area contributed by atoms with Crippen LogP contribution in [0.5, 0.6) is 5.88 Å². The predicted molar refractivity (Wildman–Crippen MR) is 128 cm³/mol. The number of benzene rings is 2. The van der Waals surface area contributed by atoms with E-state index in [1.807, 2.05) is 0 Å². The number of aromatic nitrogens is 2. The molecule has 2 aliphatic rings. The standard InChI is InChI=1S/C26H25ClFN3O4/c1-2-34-23(32)12-22(31-25(33)14-3-5-15(27)6-4-14)24-18-10-17(11-19(18)24)35-26-20-9-16(28)7-8-21(20)29-13-30-26/h3-9,13,17-19,22,24H,2,10-12H2,1H3,(H,31,33). The van der Waals surface area contributed by atoms with Gasteiger partial charge in [-0.15, -0.1) is 0 Å². The van der Waals surface area contributed by atoms with E-state index in [0.717, 1.165) is 12.8 Å². The molecular formula is C26H25ClFN3O4. The second-order valence-electron chi connectivity index (χ2n) is 9.05. The summed E-state index contributed by atoms with van der Waals surface area (Å²) in [5, 5.41) is 4.13. The van der Waals surface area contributed by atoms with E-state index in [2.05, 4.69) is 15.3 Å². The monoisotopic (exact) mass is 497 g/mol. The lowest BCUT2D eigenvalue weighted by molar-refractivity contribution is -0.143. The quantitative estimate of drug-likeness (QED) is 0.458. The second kappa shape index (κ2) is 9.77. The molecule has 1 heterocycles. The van der Waals surface area contributed by atoms with Crippen molar-refractivity contribution in [1.29, 1.82) is 0 Å². The highest BCUT2D eigenvalue weighted by Gasteiger charge is 2.60. The van der Waals surface area contributed by atoms with Crippen molar-refractivity contribution >= 4 is 34.4 Å². The van der Waals surface area contributed by atoms with Crippen LogP contribution in [0, 0.1) is 23.6 Å². The first-order valence-corrected chi connectivity index (χ1v) is 12.1. The number of ether oxygens (including phenoxy) is 2. The van der Waals surface area contributed by atoms with Crippen LogP contribution in [0.25, 0.3) is 10.9 Å². The van der Waals surface area contributed by atoms with Crippen LogP contribution in [0.3, 0.4) is 0 Å². The Labute approximate surface area is 207 Å². The van der Waals surface area contributed by atoms with Gasteiger partial charge in [0.2, 0.25) is 5.88 Å². The van der Waals surface area contributed by atoms with Crippen LogP contribution in [0.4, 0.5) is 4.39 Å². The lowest BCUT2D eigenvalue weighted by Crippen LogP contribution is -2.40. The van der Waals surface area contributed by atoms with Crippen LogP contribution in [0.15, 0.2) is 48.8 Å². The van der Waals surface area contributed by atoms with Crippen molar-refractivity contribution in [2.24, 2.45) is 17.8 Å². The summed E-state index contributed by atoms with van der Waals surface area (Å²) in [5.74, 6) is 0.213. The molecule has 1 amide bonds. The van der Waals surface area contributed by atoms with E-state index in [-0.39, 0.29) is 48.8 Å². The highest BCUT2D eigenvalue weighted by molar-refractivity contribution is 6.30. The maximum atomic E-state index is 13.8. The van der Waals surface area contributed by atoms with Gasteiger partial charge in [-0.05, 0) is 80.0 Å². The van der Waals surface area contributed by atoms with E-state index in [1.54, 1.807) is 37.3 Å². The number of carbonyl (C=O) groups excluding carboxylic acids is 2. The maximum Gasteiger partial charge on any atom is 0.307 e. The number of rotatable bonds is 8. The molecule has 2 aromatic carbocycles. The van der Waals surface area contributed by atoms with Gasteiger partial charge in [-0.3, -0.25) is 9.59 Å². The molecule has 3 unspecified atom stereocenters. The number of nitrogens with zero attached hydrogens (tertiary/aromatic N) is 2. The summed E-state index contributed by atoms with van der Waals surface area (Å²) >= 11 is 5.93. The Morgan fingerprint density at radius 2 is 1.89 bits per heavy atom. The number of amides is 1. The Kier molecular flexibility index (Phi) is 6.56. The van der Waals surface area contributed by atoms with Crippen molar-refractivity contribution in [3.05, 3.63) is 65.2 Å². The van der Waals surface area contributed by atoms with Crippen LogP contribution < -0.4 is 10.1 Å². The summed E-state index contributed by atoms with van der Waals surface area (Å²) in [7, 11) is 0. The predicted octanol–water partition coefficient (Wildman–Crippen LogP) is 4.58. The zero-order chi connectivity index (χ0) is 24.5. The lowest BCUT2D eigenvalue weighted by Gasteiger charge is -2.23. The Morgan fingerprint density at radius 1 is 1.14 bits per heavy atom. The fourth-order valence-corrected chi connectivity index (χ4v) is 5.45. The van der Waals surface area contributed by atoms with Crippen LogP contribution >= 0.6 is 11.6 Å². The molecule has 2 saturated carbocycles. The van der Waals surface area contributed by atoms with Crippen molar-refractivity contribution in [3.63, 3.8) is 0 Å². The van der Waals surface area contributed by atoms with E-state index in [0.29, 0.717) is 39.2 Å². The van der Waals surface area contributed by atoms with Gasteiger partial charge in [0, 0.05) is 16.6 Å². The van der Waals surface area contributed by atoms with E-state index in [4.69, 9.17) is 21.1 Å². The number of halogens is 2. The Bertz CT molecular complexity index is 1240. The molecule has 2 aliphatic carbocycles. The second-order valence-corrected chi connectivity index (χ2v) is 9.49. The summed E-state index contributed by atoms with van der Waals surface area (Å²) in [4.78, 5) is 33.5. The molecule has 5 rings (SSSR count). The molecule has 7 nitrogen and oxygen atoms in total. The minimum Gasteiger partial charge on any atom is -0.474 e. The van der Waals surface area contributed by atoms with Gasteiger partial charge in [0.25, 0.3) is 5.91 Å². The van der Waals surface area contributed by atoms with Crippen molar-refractivity contribution < 1.29 is 23.5 Å². The molecule has 3 aromatic rings. The molecule has 1 N–H and O–H groups in total. The number of fused-ring (bicyclic) bond motifs is 2. The third-order valence-corrected chi connectivity index (χ3v) is 7.14. The Balaban J connectivity index is 1.25. The first kappa shape index (κ1) is 23.5. The maximum absolute atomic E-state index is 13.8. The van der Waals surface area contributed by atoms with Crippen molar-refractivity contribution in [1.82, 2.24) is 15.3 Å². The van der Waals surface area contributed by atoms with Gasteiger partial charge in [0.05, 0.1) is 23.9 Å². The minimum atomic E-state index is -0.371. The fraction of sp³-hybridized carbons (Fsp3) is 0.385. The molecule has 0 radical (unpaired) electrons. The highest BCUT2D eigenvalue weighted by Crippen LogP contribution is 2.60. The summed E-state index contributed by atoms with van der Waals surface area (Å²) in [5.41, 5.74) is 1.11. The van der Waals surface area contributed by atoms with E-state index >= 15 is 0 Å². The average molecular weight is 498 g/mol. The van der Waals surface area contributed by atoms with Crippen LogP contribution in [0.2, 0.25) is 5.02 Å². The largest absolute Gasteiger partial charge is 0.474 e. The molecule has 0 aliphatic heterocycles. The van der Waals surface area contributed by atoms with Crippen LogP contribution in [0.1, 0.15) is 36.5 Å². The van der Waals surface area contributed by atoms with Gasteiger partial charge in [-0.2, -0.15) is 0 Å². The van der Waals surface area contributed by atoms with Gasteiger partial charge in [0.15, 0.2) is 0 Å². The molecule has 35 heavy (non-hydrogen) atoms. The number of esters is 1. The summed E-state index contributed by atoms with van der Waals surface area (Å²) < 4.78 is 25.0. The molecule has 3 atom stereocenters. The number of hydrogen-bond acceptors (Lipinski definition) is 6. The third-order valence-electron chi connectivity index (χ3n) is 6.89. The number of carbonyl (C=O) groups is 2. The van der Waals surface area contributed by atoms with Gasteiger partial charge in [-0.1, -0.05) is 11.6 Å². The van der Waals surface area contributed by atoms with Gasteiger partial charge >= 0.3 is 5.97 Å². The number of nitrogens with one attached hydrogen (secondary N) is 1. The third kappa shape index (κ3) is 5.07. The molecule has 0 bridgehead atoms. The molecule has 2 fully saturated rings. The van der Waals surface area contributed by atoms with Crippen LogP contribution in [-0.2, 0) is 9.53 Å². The Morgan fingerprint density at radius 3 is 2.60 bits per heavy atom. The first-order chi connectivity index (χ1) is 16.9. The first-order valence-electron chi connectivity index (χ1n) is 11.7. The van der Waals surface area contributed by atoms with Gasteiger partial charge in [0.1, 0.15) is 18.2 Å². The molecule has 0 spiro atoms. The topological polar surface area (TPSA) is 90.4 Å². The smallest absolute Gasteiger partial charge is 0.307 e. The SMILES string of the molecule is CCOC(=O)CC(NC(=O)c1ccc(Cl)cc1)C1C2CC(Oc3ncnc4ccc(F)cc34)CC21. The van der Waals surface area contributed by atoms with Crippen molar-refractivity contribution in [2.45, 2.75) is 38.3 Å². The molecule has 1 aromatic heterocycles. The fourth-order valence-electron chi connectivity index (χ4n) is 5.33. The summed E-state index contributed by atoms with van der Waals surface area (Å²) in [6.45, 7) is 2.05. The van der Waals surface area contributed by atoms with E-state index in [1.165, 1.54) is 18.5 Å². The molecule has 182 valence electrons. The van der Waals surface area contributed by atoms with Crippen molar-refractivity contribution in [2.75, 3.05) is 6.61 Å². The van der Waals surface area contributed by atoms with Crippen molar-refractivity contribution in [3.8, 4) is 5.88 Å². The normalized spacial score (nSPS) is 23.4. The molecular weight excluding hydrogens is 473 g/mol. The molecule has 0 saturated heterocycles. The van der Waals surface area contributed by atoms with E-state index < -0.39 is 0 Å². The highest BCUT2D eigenvalue weighted by atomic mass is 35.5. The summed E-state index contributed by atoms with van der Waals surface area (Å²) in [6, 6.07) is 10.6. The lowest BCUT2D eigenvalue weighted by atomic mass is 9.99. The minimum absolute atomic E-state index is 0.0715. The van der Waals surface area contributed by atoms with Crippen LogP contribution in [-0.4, -0.2) is 40.6 Å². The number of hydrogen-bond donors (Lipinski definition) is 1.